The van der Waals surface area contributed by atoms with Crippen molar-refractivity contribution >= 4 is 22.9 Å². The van der Waals surface area contributed by atoms with Crippen LogP contribution in [0.15, 0.2) is 52.1 Å². The van der Waals surface area contributed by atoms with Gasteiger partial charge < -0.3 is 24.1 Å². The van der Waals surface area contributed by atoms with Gasteiger partial charge in [0, 0.05) is 46.3 Å². The monoisotopic (exact) mass is 408 g/mol. The van der Waals surface area contributed by atoms with Gasteiger partial charge in [-0.3, -0.25) is 9.79 Å². The fraction of sp³-hybridized carbons (Fsp3) is 0.409. The zero-order chi connectivity index (χ0) is 20.9. The number of aryl methyl sites for hydroxylation is 2. The summed E-state index contributed by atoms with van der Waals surface area (Å²) in [7, 11) is 1.80. The van der Waals surface area contributed by atoms with Crippen LogP contribution in [0.1, 0.15) is 22.8 Å². The summed E-state index contributed by atoms with van der Waals surface area (Å²) in [4.78, 5) is 25.5. The van der Waals surface area contributed by atoms with E-state index < -0.39 is 0 Å². The van der Waals surface area contributed by atoms with Crippen LogP contribution in [0.4, 0.5) is 0 Å². The molecule has 0 aliphatic carbocycles. The average molecular weight is 409 g/mol. The molecule has 4 rings (SSSR count). The number of hydrogen-bond donors (Lipinski definition) is 1. The molecule has 1 fully saturated rings. The summed E-state index contributed by atoms with van der Waals surface area (Å²) < 4.78 is 7.49. The van der Waals surface area contributed by atoms with E-state index in [1.54, 1.807) is 19.2 Å². The molecule has 1 amide bonds. The number of carbonyl (C=O) groups is 1. The minimum atomic E-state index is -0.0504. The lowest BCUT2D eigenvalue weighted by molar-refractivity contribution is 0.0657. The van der Waals surface area contributed by atoms with Crippen molar-refractivity contribution in [3.63, 3.8) is 0 Å². The Labute approximate surface area is 176 Å². The van der Waals surface area contributed by atoms with Gasteiger partial charge in [-0.25, -0.2) is 4.98 Å². The molecule has 30 heavy (non-hydrogen) atoms. The molecule has 1 N–H and O–H groups in total. The maximum absolute atomic E-state index is 12.4. The number of nitrogens with one attached hydrogen (secondary N) is 1. The number of rotatable bonds is 5. The van der Waals surface area contributed by atoms with Crippen molar-refractivity contribution in [1.29, 1.82) is 0 Å². The molecule has 1 aliphatic heterocycles. The van der Waals surface area contributed by atoms with Crippen molar-refractivity contribution in [2.24, 2.45) is 4.99 Å². The van der Waals surface area contributed by atoms with Crippen molar-refractivity contribution < 1.29 is 9.21 Å². The Morgan fingerprint density at radius 2 is 1.90 bits per heavy atom. The number of para-hydroxylation sites is 2. The van der Waals surface area contributed by atoms with Crippen LogP contribution in [-0.2, 0) is 6.54 Å². The fourth-order valence-electron chi connectivity index (χ4n) is 3.93. The third-order valence-corrected chi connectivity index (χ3v) is 5.50. The number of furan rings is 1. The quantitative estimate of drug-likeness (QED) is 0.398. The molecule has 3 heterocycles. The van der Waals surface area contributed by atoms with E-state index in [1.807, 2.05) is 11.0 Å². The van der Waals surface area contributed by atoms with Gasteiger partial charge in [0.15, 0.2) is 11.7 Å². The molecule has 1 aromatic carbocycles. The van der Waals surface area contributed by atoms with Gasteiger partial charge in [0.25, 0.3) is 5.91 Å². The van der Waals surface area contributed by atoms with Crippen molar-refractivity contribution in [1.82, 2.24) is 24.7 Å². The number of guanidine groups is 1. The van der Waals surface area contributed by atoms with Crippen LogP contribution >= 0.6 is 0 Å². The summed E-state index contributed by atoms with van der Waals surface area (Å²) in [5, 5.41) is 3.46. The molecule has 0 radical (unpaired) electrons. The van der Waals surface area contributed by atoms with E-state index in [1.165, 1.54) is 11.8 Å². The number of imidazole rings is 1. The predicted molar refractivity (Wildman–Crippen MR) is 117 cm³/mol. The van der Waals surface area contributed by atoms with Crippen LogP contribution in [0.3, 0.4) is 0 Å². The van der Waals surface area contributed by atoms with Crippen LogP contribution in [0, 0.1) is 6.92 Å². The Hall–Kier alpha value is -3.29. The first-order chi connectivity index (χ1) is 14.7. The molecule has 0 atom stereocenters. The number of hydrogen-bond acceptors (Lipinski definition) is 4. The van der Waals surface area contributed by atoms with Crippen molar-refractivity contribution in [3.05, 3.63) is 54.2 Å². The third kappa shape index (κ3) is 4.17. The van der Waals surface area contributed by atoms with Gasteiger partial charge in [0.2, 0.25) is 0 Å². The van der Waals surface area contributed by atoms with Gasteiger partial charge in [-0.15, -0.1) is 0 Å². The van der Waals surface area contributed by atoms with Gasteiger partial charge in [-0.2, -0.15) is 0 Å². The van der Waals surface area contributed by atoms with E-state index >= 15 is 0 Å². The van der Waals surface area contributed by atoms with Crippen LogP contribution in [0.2, 0.25) is 0 Å². The van der Waals surface area contributed by atoms with Crippen LogP contribution in [-0.4, -0.2) is 71.0 Å². The lowest BCUT2D eigenvalue weighted by Gasteiger charge is -2.36. The first-order valence-electron chi connectivity index (χ1n) is 10.4. The minimum absolute atomic E-state index is 0.0504. The Morgan fingerprint density at radius 1 is 1.13 bits per heavy atom. The standard InChI is InChI=1S/C22H28N6O2/c1-17-25-18-7-3-4-8-19(18)28(17)11-6-10-24-22(23-2)27-14-12-26(13-15-27)21(29)20-9-5-16-30-20/h3-5,7-9,16H,6,10-15H2,1-2H3,(H,23,24). The largest absolute Gasteiger partial charge is 0.459 e. The zero-order valence-corrected chi connectivity index (χ0v) is 17.5. The number of fused-ring (bicyclic) bond motifs is 1. The zero-order valence-electron chi connectivity index (χ0n) is 17.5. The molecule has 0 saturated carbocycles. The predicted octanol–water partition coefficient (Wildman–Crippen LogP) is 2.36. The second-order valence-electron chi connectivity index (χ2n) is 7.38. The first kappa shape index (κ1) is 20.0. The van der Waals surface area contributed by atoms with Crippen molar-refractivity contribution in [2.75, 3.05) is 39.8 Å². The highest BCUT2D eigenvalue weighted by molar-refractivity contribution is 5.91. The second kappa shape index (κ2) is 9.02. The van der Waals surface area contributed by atoms with Gasteiger partial charge in [0.1, 0.15) is 5.82 Å². The summed E-state index contributed by atoms with van der Waals surface area (Å²) in [6.07, 6.45) is 2.50. The van der Waals surface area contributed by atoms with Gasteiger partial charge in [0.05, 0.1) is 17.3 Å². The molecular weight excluding hydrogens is 380 g/mol. The first-order valence-corrected chi connectivity index (χ1v) is 10.4. The smallest absolute Gasteiger partial charge is 0.289 e. The molecular formula is C22H28N6O2. The third-order valence-electron chi connectivity index (χ3n) is 5.50. The number of nitrogens with zero attached hydrogens (tertiary/aromatic N) is 5. The average Bonchev–Trinajstić information content (AvgIpc) is 3.42. The number of aromatic nitrogens is 2. The summed E-state index contributed by atoms with van der Waals surface area (Å²) in [6, 6.07) is 11.7. The van der Waals surface area contributed by atoms with E-state index in [2.05, 4.69) is 49.9 Å². The van der Waals surface area contributed by atoms with Crippen LogP contribution in [0.25, 0.3) is 11.0 Å². The molecule has 1 aliphatic rings. The topological polar surface area (TPSA) is 78.9 Å². The van der Waals surface area contributed by atoms with Crippen LogP contribution < -0.4 is 5.32 Å². The highest BCUT2D eigenvalue weighted by Crippen LogP contribution is 2.15. The van der Waals surface area contributed by atoms with E-state index in [4.69, 9.17) is 4.42 Å². The Balaban J connectivity index is 1.25. The Morgan fingerprint density at radius 3 is 2.63 bits per heavy atom. The van der Waals surface area contributed by atoms with E-state index in [0.29, 0.717) is 18.8 Å². The second-order valence-corrected chi connectivity index (χ2v) is 7.38. The summed E-state index contributed by atoms with van der Waals surface area (Å²) in [5.74, 6) is 2.27. The molecule has 8 nitrogen and oxygen atoms in total. The molecule has 3 aromatic rings. The van der Waals surface area contributed by atoms with Crippen LogP contribution in [0.5, 0.6) is 0 Å². The Kier molecular flexibility index (Phi) is 6.02. The van der Waals surface area contributed by atoms with Crippen molar-refractivity contribution in [2.45, 2.75) is 19.9 Å². The van der Waals surface area contributed by atoms with E-state index in [9.17, 15) is 4.79 Å². The van der Waals surface area contributed by atoms with E-state index in [-0.39, 0.29) is 5.91 Å². The summed E-state index contributed by atoms with van der Waals surface area (Å²) in [6.45, 7) is 6.58. The van der Waals surface area contributed by atoms with E-state index in [0.717, 1.165) is 49.9 Å². The molecule has 158 valence electrons. The lowest BCUT2D eigenvalue weighted by Crippen LogP contribution is -2.53. The van der Waals surface area contributed by atoms with Crippen molar-refractivity contribution in [3.8, 4) is 0 Å². The number of amides is 1. The fourth-order valence-corrected chi connectivity index (χ4v) is 3.93. The SMILES string of the molecule is CN=C(NCCCn1c(C)nc2ccccc21)N1CCN(C(=O)c2ccco2)CC1. The van der Waals surface area contributed by atoms with Gasteiger partial charge >= 0.3 is 0 Å². The normalized spacial score (nSPS) is 15.1. The molecule has 0 unspecified atom stereocenters. The number of aliphatic imine (C=N–C) groups is 1. The summed E-state index contributed by atoms with van der Waals surface area (Å²) >= 11 is 0. The molecule has 0 spiro atoms. The van der Waals surface area contributed by atoms with Gasteiger partial charge in [-0.05, 0) is 37.6 Å². The molecule has 8 heteroatoms. The maximum Gasteiger partial charge on any atom is 0.289 e. The number of benzene rings is 1. The molecule has 1 saturated heterocycles. The molecule has 2 aromatic heterocycles. The maximum atomic E-state index is 12.4. The lowest BCUT2D eigenvalue weighted by atomic mass is 10.3. The summed E-state index contributed by atoms with van der Waals surface area (Å²) in [5.41, 5.74) is 2.22. The number of piperazine rings is 1. The minimum Gasteiger partial charge on any atom is -0.459 e. The highest BCUT2D eigenvalue weighted by Gasteiger charge is 2.25. The van der Waals surface area contributed by atoms with Gasteiger partial charge in [-0.1, -0.05) is 12.1 Å². The molecule has 0 bridgehead atoms. The number of carbonyl (C=O) groups excluding carboxylic acids is 1. The Bertz CT molecular complexity index is 1020. The highest BCUT2D eigenvalue weighted by atomic mass is 16.3.